The van der Waals surface area contributed by atoms with Crippen LogP contribution >= 0.6 is 11.6 Å². The monoisotopic (exact) mass is 446 g/mol. The number of hydrogen-bond donors (Lipinski definition) is 1. The molecule has 0 radical (unpaired) electrons. The number of urea groups is 1. The van der Waals surface area contributed by atoms with Crippen molar-refractivity contribution in [2.24, 2.45) is 4.99 Å². The largest absolute Gasteiger partial charge is 0.454 e. The Morgan fingerprint density at radius 2 is 1.78 bits per heavy atom. The molecule has 0 unspecified atom stereocenters. The summed E-state index contributed by atoms with van der Waals surface area (Å²) in [6.07, 6.45) is 0. The maximum Gasteiger partial charge on any atom is 0.321 e. The number of carbonyl (C=O) groups excluding carboxylic acids is 1. The van der Waals surface area contributed by atoms with Gasteiger partial charge in [0, 0.05) is 36.9 Å². The fourth-order valence-electron chi connectivity index (χ4n) is 3.97. The normalized spacial score (nSPS) is 15.1. The molecule has 0 aromatic heterocycles. The fourth-order valence-corrected chi connectivity index (χ4v) is 4.16. The number of para-hydroxylation sites is 2. The van der Waals surface area contributed by atoms with E-state index in [2.05, 4.69) is 23.2 Å². The van der Waals surface area contributed by atoms with E-state index in [0.29, 0.717) is 36.9 Å². The molecule has 1 fully saturated rings. The molecule has 2 aliphatic rings. The average molecular weight is 447 g/mol. The van der Waals surface area contributed by atoms with Crippen molar-refractivity contribution in [1.82, 2.24) is 9.80 Å². The molecule has 7 heteroatoms. The SMILES string of the molecule is Cc1ccc2c(c1)C(N1CCN(C(=O)Nc3cccc(Cl)c3)CC1)=Nc1ccccc1O2. The predicted octanol–water partition coefficient (Wildman–Crippen LogP) is 5.68. The van der Waals surface area contributed by atoms with Crippen molar-refractivity contribution in [3.05, 3.63) is 82.9 Å². The van der Waals surface area contributed by atoms with Crippen molar-refractivity contribution in [1.29, 1.82) is 0 Å². The van der Waals surface area contributed by atoms with Crippen molar-refractivity contribution in [3.63, 3.8) is 0 Å². The molecule has 1 N–H and O–H groups in total. The van der Waals surface area contributed by atoms with Gasteiger partial charge < -0.3 is 19.9 Å². The summed E-state index contributed by atoms with van der Waals surface area (Å²) in [5.41, 5.74) is 3.61. The molecule has 1 saturated heterocycles. The Morgan fingerprint density at radius 3 is 2.59 bits per heavy atom. The Morgan fingerprint density at radius 1 is 0.969 bits per heavy atom. The van der Waals surface area contributed by atoms with Crippen LogP contribution in [0.3, 0.4) is 0 Å². The minimum Gasteiger partial charge on any atom is -0.454 e. The van der Waals surface area contributed by atoms with Crippen molar-refractivity contribution in [3.8, 4) is 11.5 Å². The van der Waals surface area contributed by atoms with E-state index in [-0.39, 0.29) is 6.03 Å². The second-order valence-corrected chi connectivity index (χ2v) is 8.36. The van der Waals surface area contributed by atoms with E-state index in [0.717, 1.165) is 34.1 Å². The molecule has 3 aromatic carbocycles. The van der Waals surface area contributed by atoms with Crippen LogP contribution in [0.15, 0.2) is 71.7 Å². The van der Waals surface area contributed by atoms with Crippen molar-refractivity contribution in [2.45, 2.75) is 6.92 Å². The van der Waals surface area contributed by atoms with E-state index in [1.165, 1.54) is 0 Å². The topological polar surface area (TPSA) is 57.2 Å². The van der Waals surface area contributed by atoms with Gasteiger partial charge in [-0.05, 0) is 49.4 Å². The first-order chi connectivity index (χ1) is 15.6. The average Bonchev–Trinajstić information content (AvgIpc) is 2.96. The molecule has 3 aromatic rings. The minimum atomic E-state index is -0.125. The summed E-state index contributed by atoms with van der Waals surface area (Å²) in [4.78, 5) is 21.7. The zero-order chi connectivity index (χ0) is 22.1. The number of nitrogens with zero attached hydrogens (tertiary/aromatic N) is 3. The molecular weight excluding hydrogens is 424 g/mol. The Labute approximate surface area is 192 Å². The molecule has 0 spiro atoms. The Balaban J connectivity index is 1.36. The highest BCUT2D eigenvalue weighted by Crippen LogP contribution is 2.38. The van der Waals surface area contributed by atoms with Crippen LogP contribution in [0.4, 0.5) is 16.2 Å². The van der Waals surface area contributed by atoms with Crippen molar-refractivity contribution >= 4 is 34.8 Å². The van der Waals surface area contributed by atoms with Gasteiger partial charge in [-0.15, -0.1) is 0 Å². The number of aliphatic imine (C=N–C) groups is 1. The molecule has 32 heavy (non-hydrogen) atoms. The number of carbonyl (C=O) groups is 1. The maximum absolute atomic E-state index is 12.7. The lowest BCUT2D eigenvalue weighted by Gasteiger charge is -2.36. The quantitative estimate of drug-likeness (QED) is 0.523. The molecule has 0 atom stereocenters. The molecular formula is C25H23ClN4O2. The molecule has 2 amide bonds. The van der Waals surface area contributed by atoms with Crippen LogP contribution in [-0.4, -0.2) is 47.8 Å². The molecule has 5 rings (SSSR count). The maximum atomic E-state index is 12.7. The molecule has 0 aliphatic carbocycles. The minimum absolute atomic E-state index is 0.125. The van der Waals surface area contributed by atoms with Gasteiger partial charge in [0.2, 0.25) is 0 Å². The molecule has 6 nitrogen and oxygen atoms in total. The summed E-state index contributed by atoms with van der Waals surface area (Å²) in [6.45, 7) is 4.60. The van der Waals surface area contributed by atoms with Gasteiger partial charge in [0.15, 0.2) is 5.75 Å². The number of hydrogen-bond acceptors (Lipinski definition) is 4. The third-order valence-electron chi connectivity index (χ3n) is 5.63. The molecule has 2 heterocycles. The van der Waals surface area contributed by atoms with Gasteiger partial charge in [0.1, 0.15) is 17.3 Å². The molecule has 2 aliphatic heterocycles. The summed E-state index contributed by atoms with van der Waals surface area (Å²) < 4.78 is 6.19. The van der Waals surface area contributed by atoms with Crippen LogP contribution in [0.5, 0.6) is 11.5 Å². The summed E-state index contributed by atoms with van der Waals surface area (Å²) in [5.74, 6) is 2.41. The number of benzene rings is 3. The zero-order valence-corrected chi connectivity index (χ0v) is 18.5. The van der Waals surface area contributed by atoms with Gasteiger partial charge in [-0.3, -0.25) is 0 Å². The summed E-state index contributed by atoms with van der Waals surface area (Å²) in [7, 11) is 0. The number of nitrogens with one attached hydrogen (secondary N) is 1. The standard InChI is InChI=1S/C25H23ClN4O2/c1-17-9-10-22-20(15-17)24(28-21-7-2-3-8-23(21)32-22)29-11-13-30(14-12-29)25(31)27-19-6-4-5-18(26)16-19/h2-10,15-16H,11-14H2,1H3,(H,27,31). The number of halogens is 1. The first kappa shape index (κ1) is 20.4. The fraction of sp³-hybridized carbons (Fsp3) is 0.200. The van der Waals surface area contributed by atoms with Crippen molar-refractivity contribution in [2.75, 3.05) is 31.5 Å². The predicted molar refractivity (Wildman–Crippen MR) is 128 cm³/mol. The van der Waals surface area contributed by atoms with E-state index >= 15 is 0 Å². The molecule has 0 saturated carbocycles. The third kappa shape index (κ3) is 4.14. The Kier molecular flexibility index (Phi) is 5.45. The van der Waals surface area contributed by atoms with Gasteiger partial charge in [-0.2, -0.15) is 0 Å². The second kappa shape index (κ2) is 8.55. The first-order valence-electron chi connectivity index (χ1n) is 10.6. The van der Waals surface area contributed by atoms with E-state index in [4.69, 9.17) is 21.3 Å². The van der Waals surface area contributed by atoms with E-state index < -0.39 is 0 Å². The van der Waals surface area contributed by atoms with Crippen LogP contribution in [-0.2, 0) is 0 Å². The lowest BCUT2D eigenvalue weighted by Crippen LogP contribution is -2.51. The third-order valence-corrected chi connectivity index (χ3v) is 5.86. The Hall–Kier alpha value is -3.51. The molecule has 0 bridgehead atoms. The number of fused-ring (bicyclic) bond motifs is 2. The van der Waals surface area contributed by atoms with Gasteiger partial charge in [-0.25, -0.2) is 9.79 Å². The number of piperazine rings is 1. The van der Waals surface area contributed by atoms with Crippen LogP contribution in [0.1, 0.15) is 11.1 Å². The second-order valence-electron chi connectivity index (χ2n) is 7.92. The van der Waals surface area contributed by atoms with Crippen LogP contribution < -0.4 is 10.1 Å². The molecule has 162 valence electrons. The highest BCUT2D eigenvalue weighted by Gasteiger charge is 2.27. The lowest BCUT2D eigenvalue weighted by atomic mass is 10.1. The van der Waals surface area contributed by atoms with E-state index in [9.17, 15) is 4.79 Å². The van der Waals surface area contributed by atoms with Gasteiger partial charge in [0.05, 0.1) is 5.56 Å². The van der Waals surface area contributed by atoms with E-state index in [1.54, 1.807) is 12.1 Å². The smallest absolute Gasteiger partial charge is 0.321 e. The summed E-state index contributed by atoms with van der Waals surface area (Å²) in [5, 5.41) is 3.52. The number of amidine groups is 1. The van der Waals surface area contributed by atoms with E-state index in [1.807, 2.05) is 53.4 Å². The summed E-state index contributed by atoms with van der Waals surface area (Å²) >= 11 is 6.03. The number of aryl methyl sites for hydroxylation is 1. The van der Waals surface area contributed by atoms with Crippen LogP contribution in [0.25, 0.3) is 0 Å². The van der Waals surface area contributed by atoms with Gasteiger partial charge in [0.25, 0.3) is 0 Å². The highest BCUT2D eigenvalue weighted by atomic mass is 35.5. The van der Waals surface area contributed by atoms with Crippen molar-refractivity contribution < 1.29 is 9.53 Å². The first-order valence-corrected chi connectivity index (χ1v) is 11.0. The summed E-state index contributed by atoms with van der Waals surface area (Å²) in [6, 6.07) is 21.0. The number of anilines is 1. The van der Waals surface area contributed by atoms with Crippen LogP contribution in [0.2, 0.25) is 5.02 Å². The van der Waals surface area contributed by atoms with Gasteiger partial charge in [-0.1, -0.05) is 41.4 Å². The number of rotatable bonds is 1. The van der Waals surface area contributed by atoms with Crippen LogP contribution in [0, 0.1) is 6.92 Å². The van der Waals surface area contributed by atoms with Gasteiger partial charge >= 0.3 is 6.03 Å². The lowest BCUT2D eigenvalue weighted by molar-refractivity contribution is 0.181. The zero-order valence-electron chi connectivity index (χ0n) is 17.7. The highest BCUT2D eigenvalue weighted by molar-refractivity contribution is 6.30. The number of amides is 2. The number of ether oxygens (including phenoxy) is 1. The Bertz CT molecular complexity index is 1200.